The molecular weight excluding hydrogens is 214 g/mol. The number of likely N-dealkylation sites (N-methyl/N-ethyl adjacent to an activating group) is 1. The number of hydrogen-bond donors (Lipinski definition) is 3. The van der Waals surface area contributed by atoms with Gasteiger partial charge >= 0.3 is 12.0 Å². The normalized spacial score (nSPS) is 9.94. The maximum atomic E-state index is 11.3. The van der Waals surface area contributed by atoms with E-state index in [2.05, 4.69) is 10.6 Å². The first-order valence-electron chi connectivity index (χ1n) is 5.01. The lowest BCUT2D eigenvalue weighted by Crippen LogP contribution is -2.45. The molecule has 0 radical (unpaired) electrons. The molecule has 0 unspecified atom stereocenters. The highest BCUT2D eigenvalue weighted by atomic mass is 16.4. The molecule has 7 nitrogen and oxygen atoms in total. The second-order valence-electron chi connectivity index (χ2n) is 3.10. The van der Waals surface area contributed by atoms with Gasteiger partial charge in [0.25, 0.3) is 0 Å². The maximum Gasteiger partial charge on any atom is 0.321 e. The molecule has 0 aromatic heterocycles. The van der Waals surface area contributed by atoms with Crippen molar-refractivity contribution in [2.45, 2.75) is 13.8 Å². The lowest BCUT2D eigenvalue weighted by Gasteiger charge is -2.16. The van der Waals surface area contributed by atoms with Gasteiger partial charge in [-0.05, 0) is 13.5 Å². The minimum Gasteiger partial charge on any atom is -0.480 e. The third-order valence-corrected chi connectivity index (χ3v) is 1.76. The van der Waals surface area contributed by atoms with Gasteiger partial charge in [0.2, 0.25) is 5.91 Å². The molecule has 0 aliphatic rings. The first-order chi connectivity index (χ1) is 7.49. The van der Waals surface area contributed by atoms with Crippen LogP contribution >= 0.6 is 0 Å². The second kappa shape index (κ2) is 7.63. The van der Waals surface area contributed by atoms with Gasteiger partial charge < -0.3 is 10.4 Å². The van der Waals surface area contributed by atoms with Gasteiger partial charge in [0.05, 0.1) is 13.1 Å². The van der Waals surface area contributed by atoms with E-state index in [4.69, 9.17) is 5.11 Å². The Kier molecular flexibility index (Phi) is 6.86. The first-order valence-corrected chi connectivity index (χ1v) is 5.01. The molecule has 0 heterocycles. The van der Waals surface area contributed by atoms with Gasteiger partial charge in [-0.1, -0.05) is 6.92 Å². The number of nitrogens with one attached hydrogen (secondary N) is 2. The predicted octanol–water partition coefficient (Wildman–Crippen LogP) is -0.761. The molecule has 7 heteroatoms. The minimum atomic E-state index is -1.01. The number of imide groups is 1. The van der Waals surface area contributed by atoms with Crippen molar-refractivity contribution in [2.24, 2.45) is 0 Å². The molecule has 3 amide bonds. The average molecular weight is 231 g/mol. The van der Waals surface area contributed by atoms with Crippen molar-refractivity contribution < 1.29 is 19.5 Å². The summed E-state index contributed by atoms with van der Waals surface area (Å²) in [6.45, 7) is 3.98. The highest BCUT2D eigenvalue weighted by molar-refractivity contribution is 5.95. The molecule has 0 aliphatic heterocycles. The van der Waals surface area contributed by atoms with Crippen molar-refractivity contribution in [1.82, 2.24) is 15.5 Å². The quantitative estimate of drug-likeness (QED) is 0.558. The van der Waals surface area contributed by atoms with E-state index < -0.39 is 17.9 Å². The zero-order valence-corrected chi connectivity index (χ0v) is 9.45. The molecule has 0 atom stereocenters. The summed E-state index contributed by atoms with van der Waals surface area (Å²) in [5.74, 6) is -1.53. The summed E-state index contributed by atoms with van der Waals surface area (Å²) >= 11 is 0. The Morgan fingerprint density at radius 3 is 2.25 bits per heavy atom. The fraction of sp³-hybridized carbons (Fsp3) is 0.667. The molecule has 0 aliphatic carbocycles. The van der Waals surface area contributed by atoms with Crippen LogP contribution in [-0.2, 0) is 9.59 Å². The van der Waals surface area contributed by atoms with Crippen LogP contribution < -0.4 is 10.6 Å². The van der Waals surface area contributed by atoms with Crippen molar-refractivity contribution in [3.8, 4) is 0 Å². The molecular formula is C9H17N3O4. The molecule has 0 saturated carbocycles. The van der Waals surface area contributed by atoms with Crippen LogP contribution in [0, 0.1) is 0 Å². The number of carboxylic acid groups (broad SMARTS) is 1. The summed E-state index contributed by atoms with van der Waals surface area (Å²) < 4.78 is 0. The molecule has 0 saturated heterocycles. The molecule has 92 valence electrons. The molecule has 0 aromatic carbocycles. The van der Waals surface area contributed by atoms with Gasteiger partial charge in [-0.3, -0.25) is 19.8 Å². The predicted molar refractivity (Wildman–Crippen MR) is 57.0 cm³/mol. The van der Waals surface area contributed by atoms with Crippen LogP contribution in [0.5, 0.6) is 0 Å². The van der Waals surface area contributed by atoms with Crippen LogP contribution in [0.15, 0.2) is 0 Å². The van der Waals surface area contributed by atoms with E-state index >= 15 is 0 Å². The number of rotatable bonds is 6. The van der Waals surface area contributed by atoms with E-state index in [-0.39, 0.29) is 13.1 Å². The summed E-state index contributed by atoms with van der Waals surface area (Å²) in [6.07, 6.45) is 0. The average Bonchev–Trinajstić information content (AvgIpc) is 2.15. The molecule has 0 aromatic rings. The van der Waals surface area contributed by atoms with E-state index in [1.54, 1.807) is 13.8 Å². The van der Waals surface area contributed by atoms with Crippen LogP contribution in [0.4, 0.5) is 4.79 Å². The van der Waals surface area contributed by atoms with E-state index in [1.165, 1.54) is 4.90 Å². The summed E-state index contributed by atoms with van der Waals surface area (Å²) in [5.41, 5.74) is 0. The monoisotopic (exact) mass is 231 g/mol. The van der Waals surface area contributed by atoms with E-state index in [1.807, 2.05) is 0 Å². The van der Waals surface area contributed by atoms with Gasteiger partial charge in [0.15, 0.2) is 0 Å². The molecule has 0 fully saturated rings. The van der Waals surface area contributed by atoms with Gasteiger partial charge in [-0.2, -0.15) is 0 Å². The number of hydrogen-bond acceptors (Lipinski definition) is 4. The zero-order valence-electron chi connectivity index (χ0n) is 9.45. The van der Waals surface area contributed by atoms with Crippen LogP contribution in [-0.4, -0.2) is 54.1 Å². The van der Waals surface area contributed by atoms with Crippen molar-refractivity contribution >= 4 is 17.9 Å². The standard InChI is InChI=1S/C9H17N3O4/c1-3-10-9(16)11-7(13)5-12(4-2)6-8(14)15/h3-6H2,1-2H3,(H,14,15)(H2,10,11,13,16). The SMILES string of the molecule is CCNC(=O)NC(=O)CN(CC)CC(=O)O. The molecule has 3 N–H and O–H groups in total. The molecule has 16 heavy (non-hydrogen) atoms. The topological polar surface area (TPSA) is 98.7 Å². The number of urea groups is 1. The molecule has 0 rings (SSSR count). The van der Waals surface area contributed by atoms with Crippen molar-refractivity contribution in [3.05, 3.63) is 0 Å². The number of aliphatic carboxylic acids is 1. The van der Waals surface area contributed by atoms with Crippen LogP contribution in [0.2, 0.25) is 0 Å². The number of carbonyl (C=O) groups excluding carboxylic acids is 2. The van der Waals surface area contributed by atoms with E-state index in [0.717, 1.165) is 0 Å². The van der Waals surface area contributed by atoms with E-state index in [0.29, 0.717) is 13.1 Å². The van der Waals surface area contributed by atoms with Gasteiger partial charge in [-0.25, -0.2) is 4.79 Å². The van der Waals surface area contributed by atoms with Crippen LogP contribution in [0.25, 0.3) is 0 Å². The van der Waals surface area contributed by atoms with Gasteiger partial charge in [-0.15, -0.1) is 0 Å². The zero-order chi connectivity index (χ0) is 12.6. The highest BCUT2D eigenvalue weighted by Crippen LogP contribution is 1.87. The fourth-order valence-electron chi connectivity index (χ4n) is 1.04. The number of carbonyl (C=O) groups is 3. The minimum absolute atomic E-state index is 0.111. The summed E-state index contributed by atoms with van der Waals surface area (Å²) in [4.78, 5) is 34.1. The number of amides is 3. The Bertz CT molecular complexity index is 267. The second-order valence-corrected chi connectivity index (χ2v) is 3.10. The third kappa shape index (κ3) is 6.77. The highest BCUT2D eigenvalue weighted by Gasteiger charge is 2.13. The fourth-order valence-corrected chi connectivity index (χ4v) is 1.04. The van der Waals surface area contributed by atoms with Gasteiger partial charge in [0.1, 0.15) is 0 Å². The summed E-state index contributed by atoms with van der Waals surface area (Å²) in [5, 5.41) is 13.0. The number of nitrogens with zero attached hydrogens (tertiary/aromatic N) is 1. The Morgan fingerprint density at radius 1 is 1.19 bits per heavy atom. The lowest BCUT2D eigenvalue weighted by atomic mass is 10.4. The smallest absolute Gasteiger partial charge is 0.321 e. The molecule has 0 bridgehead atoms. The summed E-state index contributed by atoms with van der Waals surface area (Å²) in [7, 11) is 0. The van der Waals surface area contributed by atoms with Crippen LogP contribution in [0.3, 0.4) is 0 Å². The Balaban J connectivity index is 4.00. The Labute approximate surface area is 93.8 Å². The first kappa shape index (κ1) is 14.4. The van der Waals surface area contributed by atoms with Crippen molar-refractivity contribution in [3.63, 3.8) is 0 Å². The number of carboxylic acids is 1. The van der Waals surface area contributed by atoms with Crippen molar-refractivity contribution in [2.75, 3.05) is 26.2 Å². The van der Waals surface area contributed by atoms with Crippen molar-refractivity contribution in [1.29, 1.82) is 0 Å². The molecule has 0 spiro atoms. The van der Waals surface area contributed by atoms with Crippen LogP contribution in [0.1, 0.15) is 13.8 Å². The largest absolute Gasteiger partial charge is 0.480 e. The Morgan fingerprint density at radius 2 is 1.81 bits per heavy atom. The summed E-state index contributed by atoms with van der Waals surface area (Å²) in [6, 6.07) is -0.570. The van der Waals surface area contributed by atoms with E-state index in [9.17, 15) is 14.4 Å². The Hall–Kier alpha value is -1.63. The van der Waals surface area contributed by atoms with Gasteiger partial charge in [0, 0.05) is 6.54 Å². The third-order valence-electron chi connectivity index (χ3n) is 1.76. The maximum absolute atomic E-state index is 11.3. The lowest BCUT2D eigenvalue weighted by molar-refractivity contribution is -0.138.